The molecule has 0 radical (unpaired) electrons. The Bertz CT molecular complexity index is 423. The maximum absolute atomic E-state index is 5.56. The Kier molecular flexibility index (Phi) is 9.54. The Morgan fingerprint density at radius 3 is 2.75 bits per heavy atom. The molecular formula is C16H23NO3. The molecule has 20 heavy (non-hydrogen) atoms. The van der Waals surface area contributed by atoms with Gasteiger partial charge >= 0.3 is 0 Å². The highest BCUT2D eigenvalue weighted by atomic mass is 16.5. The predicted molar refractivity (Wildman–Crippen MR) is 79.3 cm³/mol. The van der Waals surface area contributed by atoms with E-state index in [2.05, 4.69) is 11.8 Å². The molecule has 0 atom stereocenters. The molecule has 110 valence electrons. The van der Waals surface area contributed by atoms with Crippen molar-refractivity contribution in [1.29, 1.82) is 0 Å². The highest BCUT2D eigenvalue weighted by molar-refractivity contribution is 5.37. The highest BCUT2D eigenvalue weighted by Gasteiger charge is 1.95. The van der Waals surface area contributed by atoms with Gasteiger partial charge in [-0.3, -0.25) is 0 Å². The fraction of sp³-hybridized carbons (Fsp3) is 0.500. The van der Waals surface area contributed by atoms with Crippen LogP contribution in [-0.2, 0) is 20.8 Å². The van der Waals surface area contributed by atoms with Gasteiger partial charge in [-0.2, -0.15) is 0 Å². The lowest BCUT2D eigenvalue weighted by Gasteiger charge is -2.06. The summed E-state index contributed by atoms with van der Waals surface area (Å²) >= 11 is 0. The van der Waals surface area contributed by atoms with E-state index in [9.17, 15) is 0 Å². The van der Waals surface area contributed by atoms with Gasteiger partial charge in [-0.05, 0) is 24.1 Å². The summed E-state index contributed by atoms with van der Waals surface area (Å²) in [7, 11) is 1.69. The third-order valence-electron chi connectivity index (χ3n) is 2.54. The van der Waals surface area contributed by atoms with Crippen LogP contribution in [0.2, 0.25) is 0 Å². The number of methoxy groups -OCH3 is 1. The number of benzene rings is 1. The van der Waals surface area contributed by atoms with Crippen molar-refractivity contribution in [2.24, 2.45) is 5.73 Å². The second-order valence-corrected chi connectivity index (χ2v) is 4.22. The van der Waals surface area contributed by atoms with Crippen LogP contribution in [0, 0.1) is 11.8 Å². The van der Waals surface area contributed by atoms with Crippen molar-refractivity contribution in [3.05, 3.63) is 35.4 Å². The monoisotopic (exact) mass is 277 g/mol. The van der Waals surface area contributed by atoms with Gasteiger partial charge in [0, 0.05) is 25.9 Å². The third-order valence-corrected chi connectivity index (χ3v) is 2.54. The standard InChI is InChI=1S/C16H23NO3/c1-18-9-4-10-19-11-12-20-14-16-6-2-5-15(13-16)7-3-8-17/h2,5-6,13H,4,8-12,14,17H2,1H3. The van der Waals surface area contributed by atoms with Crippen molar-refractivity contribution >= 4 is 0 Å². The van der Waals surface area contributed by atoms with E-state index in [0.717, 1.165) is 24.2 Å². The number of nitrogens with two attached hydrogens (primary N) is 1. The smallest absolute Gasteiger partial charge is 0.0718 e. The van der Waals surface area contributed by atoms with Crippen LogP contribution in [-0.4, -0.2) is 40.1 Å². The molecule has 0 amide bonds. The predicted octanol–water partition coefficient (Wildman–Crippen LogP) is 1.57. The van der Waals surface area contributed by atoms with Crippen LogP contribution < -0.4 is 5.73 Å². The lowest BCUT2D eigenvalue weighted by molar-refractivity contribution is 0.0337. The summed E-state index contributed by atoms with van der Waals surface area (Å²) in [5.41, 5.74) is 7.42. The molecule has 0 aliphatic heterocycles. The van der Waals surface area contributed by atoms with E-state index in [1.807, 2.05) is 24.3 Å². The van der Waals surface area contributed by atoms with E-state index < -0.39 is 0 Å². The molecule has 0 saturated carbocycles. The molecule has 0 unspecified atom stereocenters. The van der Waals surface area contributed by atoms with Crippen LogP contribution >= 0.6 is 0 Å². The minimum Gasteiger partial charge on any atom is -0.385 e. The Hall–Kier alpha value is -1.38. The first-order valence-electron chi connectivity index (χ1n) is 6.79. The molecule has 0 aliphatic rings. The Balaban J connectivity index is 2.15. The van der Waals surface area contributed by atoms with Gasteiger partial charge in [0.15, 0.2) is 0 Å². The van der Waals surface area contributed by atoms with Crippen molar-refractivity contribution in [3.8, 4) is 11.8 Å². The van der Waals surface area contributed by atoms with Crippen molar-refractivity contribution in [3.63, 3.8) is 0 Å². The zero-order chi connectivity index (χ0) is 14.5. The number of ether oxygens (including phenoxy) is 3. The molecule has 0 heterocycles. The van der Waals surface area contributed by atoms with Gasteiger partial charge in [0.25, 0.3) is 0 Å². The van der Waals surface area contributed by atoms with E-state index in [0.29, 0.717) is 33.0 Å². The molecule has 2 N–H and O–H groups in total. The molecule has 0 aromatic heterocycles. The Morgan fingerprint density at radius 2 is 1.95 bits per heavy atom. The van der Waals surface area contributed by atoms with Crippen LogP contribution in [0.15, 0.2) is 24.3 Å². The molecular weight excluding hydrogens is 254 g/mol. The molecule has 1 rings (SSSR count). The first-order chi connectivity index (χ1) is 9.86. The van der Waals surface area contributed by atoms with Gasteiger partial charge in [-0.15, -0.1) is 0 Å². The lowest BCUT2D eigenvalue weighted by atomic mass is 10.1. The second kappa shape index (κ2) is 11.4. The molecule has 0 bridgehead atoms. The largest absolute Gasteiger partial charge is 0.385 e. The molecule has 0 fully saturated rings. The summed E-state index contributed by atoms with van der Waals surface area (Å²) in [6.07, 6.45) is 0.915. The topological polar surface area (TPSA) is 53.7 Å². The number of rotatable bonds is 9. The van der Waals surface area contributed by atoms with E-state index in [4.69, 9.17) is 19.9 Å². The van der Waals surface area contributed by atoms with Crippen molar-refractivity contribution in [1.82, 2.24) is 0 Å². The lowest BCUT2D eigenvalue weighted by Crippen LogP contribution is -2.06. The van der Waals surface area contributed by atoms with Crippen molar-refractivity contribution < 1.29 is 14.2 Å². The van der Waals surface area contributed by atoms with E-state index in [-0.39, 0.29) is 0 Å². The minimum atomic E-state index is 0.376. The Morgan fingerprint density at radius 1 is 1.10 bits per heavy atom. The quantitative estimate of drug-likeness (QED) is 0.550. The summed E-state index contributed by atoms with van der Waals surface area (Å²) < 4.78 is 15.9. The van der Waals surface area contributed by atoms with Gasteiger partial charge in [0.1, 0.15) is 0 Å². The molecule has 1 aromatic carbocycles. The maximum atomic E-state index is 5.56. The molecule has 0 aliphatic carbocycles. The summed E-state index contributed by atoms with van der Waals surface area (Å²) in [6.45, 7) is 3.58. The normalized spacial score (nSPS) is 10.1. The number of hydrogen-bond acceptors (Lipinski definition) is 4. The first kappa shape index (κ1) is 16.7. The maximum Gasteiger partial charge on any atom is 0.0718 e. The fourth-order valence-electron chi connectivity index (χ4n) is 1.61. The SMILES string of the molecule is COCCCOCCOCc1cccc(C#CCN)c1. The van der Waals surface area contributed by atoms with Gasteiger partial charge < -0.3 is 19.9 Å². The second-order valence-electron chi connectivity index (χ2n) is 4.22. The summed E-state index contributed by atoms with van der Waals surface area (Å²) in [5.74, 6) is 5.85. The molecule has 0 saturated heterocycles. The minimum absolute atomic E-state index is 0.376. The van der Waals surface area contributed by atoms with Gasteiger partial charge in [-0.1, -0.05) is 24.0 Å². The average molecular weight is 277 g/mol. The zero-order valence-electron chi connectivity index (χ0n) is 12.1. The van der Waals surface area contributed by atoms with Crippen molar-refractivity contribution in [2.75, 3.05) is 40.1 Å². The highest BCUT2D eigenvalue weighted by Crippen LogP contribution is 2.05. The molecule has 4 heteroatoms. The number of hydrogen-bond donors (Lipinski definition) is 1. The van der Waals surface area contributed by atoms with Crippen LogP contribution in [0.5, 0.6) is 0 Å². The first-order valence-corrected chi connectivity index (χ1v) is 6.79. The van der Waals surface area contributed by atoms with E-state index >= 15 is 0 Å². The van der Waals surface area contributed by atoms with E-state index in [1.54, 1.807) is 7.11 Å². The van der Waals surface area contributed by atoms with Crippen LogP contribution in [0.25, 0.3) is 0 Å². The van der Waals surface area contributed by atoms with Gasteiger partial charge in [0.05, 0.1) is 26.4 Å². The van der Waals surface area contributed by atoms with Crippen LogP contribution in [0.1, 0.15) is 17.5 Å². The molecule has 0 spiro atoms. The van der Waals surface area contributed by atoms with E-state index in [1.165, 1.54) is 0 Å². The van der Waals surface area contributed by atoms with Crippen LogP contribution in [0.3, 0.4) is 0 Å². The zero-order valence-corrected chi connectivity index (χ0v) is 12.1. The van der Waals surface area contributed by atoms with Crippen molar-refractivity contribution in [2.45, 2.75) is 13.0 Å². The summed E-state index contributed by atoms with van der Waals surface area (Å²) in [6, 6.07) is 7.97. The fourth-order valence-corrected chi connectivity index (χ4v) is 1.61. The molecule has 4 nitrogen and oxygen atoms in total. The summed E-state index contributed by atoms with van der Waals surface area (Å²) in [5, 5.41) is 0. The van der Waals surface area contributed by atoms with Gasteiger partial charge in [0.2, 0.25) is 0 Å². The van der Waals surface area contributed by atoms with Crippen LogP contribution in [0.4, 0.5) is 0 Å². The summed E-state index contributed by atoms with van der Waals surface area (Å²) in [4.78, 5) is 0. The molecule has 1 aromatic rings. The van der Waals surface area contributed by atoms with Gasteiger partial charge in [-0.25, -0.2) is 0 Å². The Labute approximate surface area is 121 Å². The average Bonchev–Trinajstić information content (AvgIpc) is 2.48. The third kappa shape index (κ3) is 7.93.